The molecule has 0 atom stereocenters. The van der Waals surface area contributed by atoms with Crippen LogP contribution in [-0.2, 0) is 22.7 Å². The molecule has 1 aliphatic rings. The summed E-state index contributed by atoms with van der Waals surface area (Å²) < 4.78 is 24.1. The average molecular weight is 719 g/mol. The smallest absolute Gasteiger partial charge is 0.331 e. The van der Waals surface area contributed by atoms with Crippen molar-refractivity contribution in [3.05, 3.63) is 85.5 Å². The van der Waals surface area contributed by atoms with E-state index in [1.54, 1.807) is 42.5 Å². The Morgan fingerprint density at radius 1 is 0.837 bits per heavy atom. The molecule has 43 heavy (non-hydrogen) atoms. The quantitative estimate of drug-likeness (QED) is 0.118. The molecule has 0 aromatic heterocycles. The predicted octanol–water partition coefficient (Wildman–Crippen LogP) is 6.77. The van der Waals surface area contributed by atoms with Gasteiger partial charge < -0.3 is 18.9 Å². The molecule has 3 aromatic carbocycles. The fourth-order valence-corrected chi connectivity index (χ4v) is 5.15. The predicted molar refractivity (Wildman–Crippen MR) is 172 cm³/mol. The third-order valence-corrected chi connectivity index (χ3v) is 7.29. The van der Waals surface area contributed by atoms with Crippen LogP contribution in [0.4, 0.5) is 4.79 Å². The Labute approximate surface area is 269 Å². The standard InChI is InChI=1S/C32H32ClIN2O7/c1-4-13-42-26-12-9-21(16-27(26)40-5-2)18-36-31(38)24(30(37)35-32(36)39)14-22-15-25(34)29(28(17-22)41-6-3)43-19-20-7-10-23(33)11-8-20/h7-12,14-17H,4-6,13,18-19H2,1-3H3,(H,35,37,39)/b24-14+. The Kier molecular flexibility index (Phi) is 11.3. The van der Waals surface area contributed by atoms with E-state index in [1.165, 1.54) is 6.08 Å². The van der Waals surface area contributed by atoms with Crippen molar-refractivity contribution in [2.45, 2.75) is 40.3 Å². The summed E-state index contributed by atoms with van der Waals surface area (Å²) in [6, 6.07) is 15.2. The molecule has 4 rings (SSSR count). The van der Waals surface area contributed by atoms with Gasteiger partial charge in [0.1, 0.15) is 12.2 Å². The monoisotopic (exact) mass is 718 g/mol. The molecule has 3 aromatic rings. The van der Waals surface area contributed by atoms with Crippen LogP contribution in [0.25, 0.3) is 6.08 Å². The molecule has 1 heterocycles. The van der Waals surface area contributed by atoms with Crippen LogP contribution in [0.1, 0.15) is 43.9 Å². The molecule has 0 unspecified atom stereocenters. The number of benzene rings is 3. The van der Waals surface area contributed by atoms with Crippen molar-refractivity contribution in [1.82, 2.24) is 10.2 Å². The van der Waals surface area contributed by atoms with E-state index in [1.807, 2.05) is 32.9 Å². The van der Waals surface area contributed by atoms with E-state index in [4.69, 9.17) is 30.5 Å². The summed E-state index contributed by atoms with van der Waals surface area (Å²) in [6.45, 7) is 7.27. The van der Waals surface area contributed by atoms with Gasteiger partial charge in [0.2, 0.25) is 0 Å². The number of urea groups is 1. The summed E-state index contributed by atoms with van der Waals surface area (Å²) in [5.74, 6) is 0.599. The SMILES string of the molecule is CCCOc1ccc(CN2C(=O)NC(=O)/C(=C\c3cc(I)c(OCc4ccc(Cl)cc4)c(OCC)c3)C2=O)cc1OCC. The topological polar surface area (TPSA) is 103 Å². The minimum absolute atomic E-state index is 0.0668. The Morgan fingerprint density at radius 2 is 1.53 bits per heavy atom. The van der Waals surface area contributed by atoms with Gasteiger partial charge in [0.25, 0.3) is 11.8 Å². The molecule has 226 valence electrons. The fourth-order valence-electron chi connectivity index (χ4n) is 4.25. The summed E-state index contributed by atoms with van der Waals surface area (Å²) in [6.07, 6.45) is 2.28. The molecule has 4 amide bonds. The Bertz CT molecular complexity index is 1520. The molecule has 0 aliphatic carbocycles. The van der Waals surface area contributed by atoms with Gasteiger partial charge in [0.15, 0.2) is 23.0 Å². The van der Waals surface area contributed by atoms with Crippen molar-refractivity contribution in [1.29, 1.82) is 0 Å². The highest BCUT2D eigenvalue weighted by Gasteiger charge is 2.36. The van der Waals surface area contributed by atoms with Gasteiger partial charge in [-0.1, -0.05) is 36.7 Å². The zero-order chi connectivity index (χ0) is 30.9. The molecule has 9 nitrogen and oxygen atoms in total. The molecular formula is C32H32ClIN2O7. The van der Waals surface area contributed by atoms with E-state index >= 15 is 0 Å². The van der Waals surface area contributed by atoms with Crippen LogP contribution in [-0.4, -0.2) is 42.6 Å². The second-order valence-corrected chi connectivity index (χ2v) is 11.0. The molecular weight excluding hydrogens is 687 g/mol. The highest BCUT2D eigenvalue weighted by Crippen LogP contribution is 2.36. The van der Waals surface area contributed by atoms with Gasteiger partial charge in [0.05, 0.1) is 29.9 Å². The molecule has 11 heteroatoms. The van der Waals surface area contributed by atoms with Crippen LogP contribution in [0.3, 0.4) is 0 Å². The van der Waals surface area contributed by atoms with Crippen molar-refractivity contribution in [3.8, 4) is 23.0 Å². The summed E-state index contributed by atoms with van der Waals surface area (Å²) in [4.78, 5) is 40.0. The molecule has 0 saturated carbocycles. The first-order valence-electron chi connectivity index (χ1n) is 13.8. The number of rotatable bonds is 13. The first-order chi connectivity index (χ1) is 20.7. The second kappa shape index (κ2) is 15.1. The van der Waals surface area contributed by atoms with Crippen LogP contribution in [0.5, 0.6) is 23.0 Å². The molecule has 1 aliphatic heterocycles. The van der Waals surface area contributed by atoms with Crippen molar-refractivity contribution in [3.63, 3.8) is 0 Å². The zero-order valence-corrected chi connectivity index (χ0v) is 27.0. The first kappa shape index (κ1) is 32.2. The van der Waals surface area contributed by atoms with Crippen molar-refractivity contribution in [2.75, 3.05) is 19.8 Å². The van der Waals surface area contributed by atoms with Crippen LogP contribution in [0, 0.1) is 3.57 Å². The Morgan fingerprint density at radius 3 is 2.23 bits per heavy atom. The van der Waals surface area contributed by atoms with E-state index in [9.17, 15) is 14.4 Å². The second-order valence-electron chi connectivity index (χ2n) is 9.45. The van der Waals surface area contributed by atoms with Crippen molar-refractivity contribution < 1.29 is 33.3 Å². The van der Waals surface area contributed by atoms with Crippen LogP contribution >= 0.6 is 34.2 Å². The summed E-state index contributed by atoms with van der Waals surface area (Å²) in [5, 5.41) is 2.91. The highest BCUT2D eigenvalue weighted by atomic mass is 127. The minimum Gasteiger partial charge on any atom is -0.490 e. The molecule has 1 N–H and O–H groups in total. The lowest BCUT2D eigenvalue weighted by atomic mass is 10.1. The fraction of sp³-hybridized carbons (Fsp3) is 0.281. The van der Waals surface area contributed by atoms with E-state index in [-0.39, 0.29) is 12.1 Å². The summed E-state index contributed by atoms with van der Waals surface area (Å²) in [5.41, 5.74) is 1.93. The molecule has 0 spiro atoms. The number of nitrogens with zero attached hydrogens (tertiary/aromatic N) is 1. The lowest BCUT2D eigenvalue weighted by Crippen LogP contribution is -2.53. The molecule has 0 radical (unpaired) electrons. The van der Waals surface area contributed by atoms with Gasteiger partial charge in [-0.25, -0.2) is 4.79 Å². The lowest BCUT2D eigenvalue weighted by molar-refractivity contribution is -0.130. The van der Waals surface area contributed by atoms with Crippen LogP contribution in [0.15, 0.2) is 60.2 Å². The van der Waals surface area contributed by atoms with Crippen LogP contribution < -0.4 is 24.3 Å². The zero-order valence-electron chi connectivity index (χ0n) is 24.1. The van der Waals surface area contributed by atoms with Gasteiger partial charge in [-0.2, -0.15) is 0 Å². The third kappa shape index (κ3) is 8.20. The molecule has 1 fully saturated rings. The number of imide groups is 2. The minimum atomic E-state index is -0.799. The van der Waals surface area contributed by atoms with E-state index in [0.29, 0.717) is 65.6 Å². The average Bonchev–Trinajstić information content (AvgIpc) is 2.98. The van der Waals surface area contributed by atoms with Gasteiger partial charge in [-0.3, -0.25) is 19.8 Å². The van der Waals surface area contributed by atoms with Crippen LogP contribution in [0.2, 0.25) is 5.02 Å². The molecule has 0 bridgehead atoms. The lowest BCUT2D eigenvalue weighted by Gasteiger charge is -2.26. The van der Waals surface area contributed by atoms with Gasteiger partial charge in [-0.15, -0.1) is 0 Å². The number of hydrogen-bond donors (Lipinski definition) is 1. The largest absolute Gasteiger partial charge is 0.490 e. The number of carbonyl (C=O) groups excluding carboxylic acids is 3. The van der Waals surface area contributed by atoms with E-state index in [0.717, 1.165) is 20.5 Å². The number of barbiturate groups is 1. The maximum atomic E-state index is 13.5. The number of halogens is 2. The first-order valence-corrected chi connectivity index (χ1v) is 15.3. The number of carbonyl (C=O) groups is 3. The van der Waals surface area contributed by atoms with E-state index in [2.05, 4.69) is 27.9 Å². The third-order valence-electron chi connectivity index (χ3n) is 6.24. The number of nitrogens with one attached hydrogen (secondary N) is 1. The maximum Gasteiger partial charge on any atom is 0.331 e. The van der Waals surface area contributed by atoms with E-state index < -0.39 is 17.8 Å². The van der Waals surface area contributed by atoms with Gasteiger partial charge in [-0.05, 0) is 102 Å². The van der Waals surface area contributed by atoms with Crippen molar-refractivity contribution in [2.24, 2.45) is 0 Å². The summed E-state index contributed by atoms with van der Waals surface area (Å²) in [7, 11) is 0. The van der Waals surface area contributed by atoms with Gasteiger partial charge >= 0.3 is 6.03 Å². The van der Waals surface area contributed by atoms with Gasteiger partial charge in [0, 0.05) is 5.02 Å². The molecule has 1 saturated heterocycles. The normalized spacial score (nSPS) is 14.1. The maximum absolute atomic E-state index is 13.5. The Balaban J connectivity index is 1.58. The highest BCUT2D eigenvalue weighted by molar-refractivity contribution is 14.1. The Hall–Kier alpha value is -3.77. The number of amides is 4. The number of ether oxygens (including phenoxy) is 4. The number of hydrogen-bond acceptors (Lipinski definition) is 7. The van der Waals surface area contributed by atoms with Crippen molar-refractivity contribution >= 4 is 58.1 Å². The summed E-state index contributed by atoms with van der Waals surface area (Å²) >= 11 is 8.10.